The smallest absolute Gasteiger partial charge is 0.256 e. The first-order valence-corrected chi connectivity index (χ1v) is 8.75. The van der Waals surface area contributed by atoms with Gasteiger partial charge in [0.15, 0.2) is 11.5 Å². The first-order valence-electron chi connectivity index (χ1n) is 8.75. The summed E-state index contributed by atoms with van der Waals surface area (Å²) in [7, 11) is 1.52. The zero-order chi connectivity index (χ0) is 18.8. The highest BCUT2D eigenvalue weighted by Crippen LogP contribution is 2.36. The lowest BCUT2D eigenvalue weighted by Gasteiger charge is -2.32. The van der Waals surface area contributed by atoms with Gasteiger partial charge in [0, 0.05) is 12.6 Å². The van der Waals surface area contributed by atoms with E-state index in [1.807, 2.05) is 30.3 Å². The molecule has 7 heteroatoms. The molecule has 0 aliphatic carbocycles. The Morgan fingerprint density at radius 1 is 1.19 bits per heavy atom. The molecule has 2 aromatic carbocycles. The molecule has 4 rings (SSSR count). The summed E-state index contributed by atoms with van der Waals surface area (Å²) in [5, 5.41) is 2.82. The van der Waals surface area contributed by atoms with Crippen LogP contribution in [0.4, 0.5) is 5.69 Å². The largest absolute Gasteiger partial charge is 0.493 e. The standard InChI is InChI=1S/C20H20N2O5/c1-25-17-9-14-15(10-18(17)27-11-13-5-3-2-4-6-13)21-19(23)16-12-26-8-7-22(16)20(14)24/h2-6,9-10,16H,7-8,11-12H2,1H3,(H,21,23). The maximum atomic E-state index is 13.0. The number of fused-ring (bicyclic) bond motifs is 2. The molecule has 2 aliphatic heterocycles. The molecule has 0 radical (unpaired) electrons. The summed E-state index contributed by atoms with van der Waals surface area (Å²) in [6.45, 7) is 1.34. The Morgan fingerprint density at radius 2 is 2.00 bits per heavy atom. The van der Waals surface area contributed by atoms with Crippen molar-refractivity contribution in [2.75, 3.05) is 32.2 Å². The molecule has 140 valence electrons. The minimum atomic E-state index is -0.627. The molecule has 2 aliphatic rings. The molecule has 1 fully saturated rings. The summed E-state index contributed by atoms with van der Waals surface area (Å²) in [6, 6.07) is 12.4. The van der Waals surface area contributed by atoms with Crippen LogP contribution in [0.25, 0.3) is 0 Å². The van der Waals surface area contributed by atoms with Gasteiger partial charge in [-0.25, -0.2) is 0 Å². The predicted octanol–water partition coefficient (Wildman–Crippen LogP) is 2.07. The van der Waals surface area contributed by atoms with Gasteiger partial charge in [-0.1, -0.05) is 30.3 Å². The van der Waals surface area contributed by atoms with E-state index < -0.39 is 6.04 Å². The van der Waals surface area contributed by atoms with Gasteiger partial charge in [0.1, 0.15) is 12.6 Å². The number of hydrogen-bond acceptors (Lipinski definition) is 5. The molecule has 7 nitrogen and oxygen atoms in total. The number of nitrogens with one attached hydrogen (secondary N) is 1. The van der Waals surface area contributed by atoms with Crippen molar-refractivity contribution in [3.05, 3.63) is 53.6 Å². The molecule has 0 aromatic heterocycles. The van der Waals surface area contributed by atoms with E-state index in [-0.39, 0.29) is 18.4 Å². The molecule has 1 atom stereocenters. The number of nitrogens with zero attached hydrogens (tertiary/aromatic N) is 1. The van der Waals surface area contributed by atoms with Gasteiger partial charge in [-0.2, -0.15) is 0 Å². The van der Waals surface area contributed by atoms with Gasteiger partial charge >= 0.3 is 0 Å². The molecule has 2 aromatic rings. The Balaban J connectivity index is 1.66. The van der Waals surface area contributed by atoms with E-state index in [0.717, 1.165) is 5.56 Å². The summed E-state index contributed by atoms with van der Waals surface area (Å²) in [6.07, 6.45) is 0. The lowest BCUT2D eigenvalue weighted by molar-refractivity contribution is -0.125. The number of anilines is 1. The minimum Gasteiger partial charge on any atom is -0.493 e. The average molecular weight is 368 g/mol. The number of benzene rings is 2. The number of carbonyl (C=O) groups excluding carboxylic acids is 2. The zero-order valence-electron chi connectivity index (χ0n) is 14.9. The molecule has 0 bridgehead atoms. The van der Waals surface area contributed by atoms with Crippen LogP contribution in [0.1, 0.15) is 15.9 Å². The maximum absolute atomic E-state index is 13.0. The molecule has 1 unspecified atom stereocenters. The highest BCUT2D eigenvalue weighted by molar-refractivity contribution is 6.10. The maximum Gasteiger partial charge on any atom is 0.256 e. The van der Waals surface area contributed by atoms with Crippen molar-refractivity contribution < 1.29 is 23.8 Å². The van der Waals surface area contributed by atoms with Crippen LogP contribution in [0.5, 0.6) is 11.5 Å². The number of carbonyl (C=O) groups is 2. The first-order chi connectivity index (χ1) is 13.2. The zero-order valence-corrected chi connectivity index (χ0v) is 14.9. The quantitative estimate of drug-likeness (QED) is 0.894. The van der Waals surface area contributed by atoms with Crippen molar-refractivity contribution in [3.8, 4) is 11.5 Å². The van der Waals surface area contributed by atoms with Gasteiger partial charge in [0.2, 0.25) is 5.91 Å². The second-order valence-electron chi connectivity index (χ2n) is 6.40. The topological polar surface area (TPSA) is 77.1 Å². The molecular formula is C20H20N2O5. The number of amides is 2. The van der Waals surface area contributed by atoms with E-state index >= 15 is 0 Å². The molecule has 0 saturated carbocycles. The van der Waals surface area contributed by atoms with Gasteiger partial charge in [-0.3, -0.25) is 9.59 Å². The Bertz CT molecular complexity index is 868. The van der Waals surface area contributed by atoms with Gasteiger partial charge in [0.05, 0.1) is 31.6 Å². The molecule has 27 heavy (non-hydrogen) atoms. The third kappa shape index (κ3) is 3.33. The van der Waals surface area contributed by atoms with Crippen molar-refractivity contribution in [3.63, 3.8) is 0 Å². The van der Waals surface area contributed by atoms with Crippen LogP contribution in [0, 0.1) is 0 Å². The fourth-order valence-corrected chi connectivity index (χ4v) is 3.28. The monoisotopic (exact) mass is 368 g/mol. The third-order valence-electron chi connectivity index (χ3n) is 4.72. The van der Waals surface area contributed by atoms with Crippen LogP contribution in [0.2, 0.25) is 0 Å². The van der Waals surface area contributed by atoms with Crippen LogP contribution >= 0.6 is 0 Å². The first kappa shape index (κ1) is 17.4. The van der Waals surface area contributed by atoms with Crippen LogP contribution in [-0.4, -0.2) is 49.6 Å². The van der Waals surface area contributed by atoms with Gasteiger partial charge in [0.25, 0.3) is 5.91 Å². The average Bonchev–Trinajstić information content (AvgIpc) is 2.81. The number of ether oxygens (including phenoxy) is 3. The highest BCUT2D eigenvalue weighted by atomic mass is 16.5. The fraction of sp³-hybridized carbons (Fsp3) is 0.300. The van der Waals surface area contributed by atoms with Crippen molar-refractivity contribution in [1.29, 1.82) is 0 Å². The van der Waals surface area contributed by atoms with Gasteiger partial charge < -0.3 is 24.4 Å². The third-order valence-corrected chi connectivity index (χ3v) is 4.72. The number of methoxy groups -OCH3 is 1. The SMILES string of the molecule is COc1cc2c(cc1OCc1ccccc1)NC(=O)C1COCCN1C2=O. The second-order valence-corrected chi connectivity index (χ2v) is 6.40. The Hall–Kier alpha value is -3.06. The molecular weight excluding hydrogens is 348 g/mol. The van der Waals surface area contributed by atoms with E-state index in [1.165, 1.54) is 7.11 Å². The normalized spacial score (nSPS) is 18.9. The van der Waals surface area contributed by atoms with Gasteiger partial charge in [-0.15, -0.1) is 0 Å². The minimum absolute atomic E-state index is 0.195. The van der Waals surface area contributed by atoms with Crippen LogP contribution in [0.15, 0.2) is 42.5 Å². The van der Waals surface area contributed by atoms with E-state index in [2.05, 4.69) is 5.32 Å². The molecule has 1 N–H and O–H groups in total. The fourth-order valence-electron chi connectivity index (χ4n) is 3.28. The van der Waals surface area contributed by atoms with Crippen molar-refractivity contribution in [1.82, 2.24) is 4.90 Å². The summed E-state index contributed by atoms with van der Waals surface area (Å²) in [5.41, 5.74) is 1.81. The summed E-state index contributed by atoms with van der Waals surface area (Å²) >= 11 is 0. The highest BCUT2D eigenvalue weighted by Gasteiger charge is 2.38. The second kappa shape index (κ2) is 7.28. The lowest BCUT2D eigenvalue weighted by Crippen LogP contribution is -2.52. The Labute approximate surface area is 156 Å². The number of morpholine rings is 1. The Morgan fingerprint density at radius 3 is 2.78 bits per heavy atom. The van der Waals surface area contributed by atoms with Crippen molar-refractivity contribution in [2.45, 2.75) is 12.6 Å². The summed E-state index contributed by atoms with van der Waals surface area (Å²) in [4.78, 5) is 27.1. The molecule has 0 spiro atoms. The van der Waals surface area contributed by atoms with E-state index in [0.29, 0.717) is 42.5 Å². The van der Waals surface area contributed by atoms with E-state index in [9.17, 15) is 9.59 Å². The van der Waals surface area contributed by atoms with Crippen molar-refractivity contribution >= 4 is 17.5 Å². The molecule has 2 amide bonds. The van der Waals surface area contributed by atoms with Crippen LogP contribution < -0.4 is 14.8 Å². The van der Waals surface area contributed by atoms with Crippen LogP contribution in [-0.2, 0) is 16.1 Å². The predicted molar refractivity (Wildman–Crippen MR) is 98.0 cm³/mol. The molecule has 2 heterocycles. The van der Waals surface area contributed by atoms with Crippen molar-refractivity contribution in [2.24, 2.45) is 0 Å². The Kier molecular flexibility index (Phi) is 4.68. The van der Waals surface area contributed by atoms with E-state index in [1.54, 1.807) is 17.0 Å². The van der Waals surface area contributed by atoms with Crippen LogP contribution in [0.3, 0.4) is 0 Å². The molecule has 1 saturated heterocycles. The van der Waals surface area contributed by atoms with E-state index in [4.69, 9.17) is 14.2 Å². The number of rotatable bonds is 4. The van der Waals surface area contributed by atoms with Gasteiger partial charge in [-0.05, 0) is 11.6 Å². The summed E-state index contributed by atoms with van der Waals surface area (Å²) in [5.74, 6) is 0.425. The lowest BCUT2D eigenvalue weighted by atomic mass is 10.1. The number of hydrogen-bond donors (Lipinski definition) is 1. The summed E-state index contributed by atoms with van der Waals surface area (Å²) < 4.78 is 16.7.